The number of aryl methyl sites for hydroxylation is 1. The van der Waals surface area contributed by atoms with E-state index in [-0.39, 0.29) is 6.54 Å². The van der Waals surface area contributed by atoms with Crippen LogP contribution in [0.5, 0.6) is 0 Å². The van der Waals surface area contributed by atoms with Crippen LogP contribution in [0.25, 0.3) is 0 Å². The standard InChI is InChI=1S/C9H13BrN2O2S2/c1-7-6-8(15-9(7)10)16(13,14)12-5-3-2-4-11/h2-3,6,12H,4-5,11H2,1H3/b3-2+. The maximum atomic E-state index is 11.8. The lowest BCUT2D eigenvalue weighted by molar-refractivity contribution is 0.587. The van der Waals surface area contributed by atoms with Crippen molar-refractivity contribution in [3.63, 3.8) is 0 Å². The van der Waals surface area contributed by atoms with Gasteiger partial charge in [-0.05, 0) is 34.5 Å². The van der Waals surface area contributed by atoms with Gasteiger partial charge in [-0.2, -0.15) is 0 Å². The quantitative estimate of drug-likeness (QED) is 0.808. The molecule has 0 bridgehead atoms. The molecule has 3 N–H and O–H groups in total. The summed E-state index contributed by atoms with van der Waals surface area (Å²) < 4.78 is 27.2. The third-order valence-electron chi connectivity index (χ3n) is 1.79. The molecule has 1 rings (SSSR count). The van der Waals surface area contributed by atoms with Crippen molar-refractivity contribution in [2.75, 3.05) is 13.1 Å². The van der Waals surface area contributed by atoms with Gasteiger partial charge in [-0.3, -0.25) is 0 Å². The zero-order valence-electron chi connectivity index (χ0n) is 8.73. The second-order valence-electron chi connectivity index (χ2n) is 3.08. The van der Waals surface area contributed by atoms with Crippen molar-refractivity contribution >= 4 is 37.3 Å². The van der Waals surface area contributed by atoms with Gasteiger partial charge >= 0.3 is 0 Å². The first-order valence-corrected chi connectivity index (χ1v) is 7.67. The van der Waals surface area contributed by atoms with Crippen LogP contribution in [-0.4, -0.2) is 21.5 Å². The molecule has 0 amide bonds. The second kappa shape index (κ2) is 5.92. The van der Waals surface area contributed by atoms with Crippen LogP contribution in [0.1, 0.15) is 5.56 Å². The maximum absolute atomic E-state index is 11.8. The van der Waals surface area contributed by atoms with Gasteiger partial charge in [-0.25, -0.2) is 13.1 Å². The van der Waals surface area contributed by atoms with Gasteiger partial charge in [0, 0.05) is 13.1 Å². The first kappa shape index (κ1) is 13.9. The Hall–Kier alpha value is -0.210. The van der Waals surface area contributed by atoms with Crippen LogP contribution in [-0.2, 0) is 10.0 Å². The van der Waals surface area contributed by atoms with E-state index in [9.17, 15) is 8.42 Å². The van der Waals surface area contributed by atoms with Crippen molar-refractivity contribution in [3.8, 4) is 0 Å². The number of hydrogen-bond donors (Lipinski definition) is 2. The summed E-state index contributed by atoms with van der Waals surface area (Å²) in [5.74, 6) is 0. The molecule has 0 saturated heterocycles. The number of thiophene rings is 1. The molecule has 0 atom stereocenters. The molecule has 4 nitrogen and oxygen atoms in total. The predicted octanol–water partition coefficient (Wildman–Crippen LogP) is 1.61. The SMILES string of the molecule is Cc1cc(S(=O)(=O)NC/C=C/CN)sc1Br. The minimum Gasteiger partial charge on any atom is -0.327 e. The number of nitrogens with one attached hydrogen (secondary N) is 1. The van der Waals surface area contributed by atoms with Gasteiger partial charge in [0.05, 0.1) is 3.79 Å². The molecule has 0 aliphatic rings. The summed E-state index contributed by atoms with van der Waals surface area (Å²) in [6.45, 7) is 2.52. The minimum atomic E-state index is -3.40. The smallest absolute Gasteiger partial charge is 0.250 e. The topological polar surface area (TPSA) is 72.2 Å². The van der Waals surface area contributed by atoms with Crippen LogP contribution >= 0.6 is 27.3 Å². The van der Waals surface area contributed by atoms with Crippen molar-refractivity contribution in [2.45, 2.75) is 11.1 Å². The molecule has 0 radical (unpaired) electrons. The first-order chi connectivity index (χ1) is 7.47. The van der Waals surface area contributed by atoms with Gasteiger partial charge in [0.15, 0.2) is 0 Å². The lowest BCUT2D eigenvalue weighted by atomic mass is 10.4. The zero-order valence-corrected chi connectivity index (χ0v) is 12.0. The summed E-state index contributed by atoms with van der Waals surface area (Å²) in [6, 6.07) is 1.64. The lowest BCUT2D eigenvalue weighted by Gasteiger charge is -2.00. The molecule has 0 unspecified atom stereocenters. The normalized spacial score (nSPS) is 12.4. The molecule has 1 heterocycles. The molecular weight excluding hydrogens is 312 g/mol. The van der Waals surface area contributed by atoms with Gasteiger partial charge in [-0.1, -0.05) is 12.2 Å². The Morgan fingerprint density at radius 3 is 2.75 bits per heavy atom. The van der Waals surface area contributed by atoms with Crippen LogP contribution in [0, 0.1) is 6.92 Å². The van der Waals surface area contributed by atoms with E-state index in [0.29, 0.717) is 10.8 Å². The molecule has 1 aromatic heterocycles. The van der Waals surface area contributed by atoms with E-state index in [4.69, 9.17) is 5.73 Å². The van der Waals surface area contributed by atoms with E-state index in [1.165, 1.54) is 11.3 Å². The highest BCUT2D eigenvalue weighted by molar-refractivity contribution is 9.11. The highest BCUT2D eigenvalue weighted by Gasteiger charge is 2.16. The third-order valence-corrected chi connectivity index (χ3v) is 5.83. The molecule has 0 fully saturated rings. The Kier molecular flexibility index (Phi) is 5.13. The summed E-state index contributed by atoms with van der Waals surface area (Å²) in [4.78, 5) is 0. The van der Waals surface area contributed by atoms with E-state index >= 15 is 0 Å². The van der Waals surface area contributed by atoms with Crippen molar-refractivity contribution in [2.24, 2.45) is 5.73 Å². The fraction of sp³-hybridized carbons (Fsp3) is 0.333. The summed E-state index contributed by atoms with van der Waals surface area (Å²) in [7, 11) is -3.40. The van der Waals surface area contributed by atoms with Crippen LogP contribution in [0.3, 0.4) is 0 Å². The van der Waals surface area contributed by atoms with E-state index in [2.05, 4.69) is 20.7 Å². The number of hydrogen-bond acceptors (Lipinski definition) is 4. The monoisotopic (exact) mass is 324 g/mol. The maximum Gasteiger partial charge on any atom is 0.250 e. The Balaban J connectivity index is 2.74. The molecule has 0 spiro atoms. The largest absolute Gasteiger partial charge is 0.327 e. The molecular formula is C9H13BrN2O2S2. The molecule has 1 aromatic rings. The highest BCUT2D eigenvalue weighted by atomic mass is 79.9. The fourth-order valence-electron chi connectivity index (χ4n) is 0.973. The summed E-state index contributed by atoms with van der Waals surface area (Å²) in [5, 5.41) is 0. The zero-order chi connectivity index (χ0) is 12.2. The highest BCUT2D eigenvalue weighted by Crippen LogP contribution is 2.30. The van der Waals surface area contributed by atoms with E-state index in [1.807, 2.05) is 6.92 Å². The predicted molar refractivity (Wildman–Crippen MR) is 70.1 cm³/mol. The third kappa shape index (κ3) is 3.67. The summed E-state index contributed by atoms with van der Waals surface area (Å²) in [6.07, 6.45) is 3.39. The molecule has 0 saturated carbocycles. The average Bonchev–Trinajstić information content (AvgIpc) is 2.55. The molecule has 7 heteroatoms. The number of halogens is 1. The molecule has 0 aliphatic heterocycles. The van der Waals surface area contributed by atoms with Crippen LogP contribution < -0.4 is 10.5 Å². The van der Waals surface area contributed by atoms with Gasteiger partial charge in [0.25, 0.3) is 0 Å². The van der Waals surface area contributed by atoms with Crippen molar-refractivity contribution < 1.29 is 8.42 Å². The van der Waals surface area contributed by atoms with Crippen LogP contribution in [0.4, 0.5) is 0 Å². The Morgan fingerprint density at radius 1 is 1.56 bits per heavy atom. The number of sulfonamides is 1. The Bertz CT molecular complexity index is 460. The van der Waals surface area contributed by atoms with E-state index < -0.39 is 10.0 Å². The van der Waals surface area contributed by atoms with Gasteiger partial charge in [0.1, 0.15) is 4.21 Å². The molecule has 0 aliphatic carbocycles. The van der Waals surface area contributed by atoms with Gasteiger partial charge in [-0.15, -0.1) is 11.3 Å². The minimum absolute atomic E-state index is 0.258. The van der Waals surface area contributed by atoms with Gasteiger partial charge < -0.3 is 5.73 Å². The van der Waals surface area contributed by atoms with E-state index in [0.717, 1.165) is 9.35 Å². The Labute approximate surface area is 108 Å². The molecule has 0 aromatic carbocycles. The van der Waals surface area contributed by atoms with Crippen LogP contribution in [0.15, 0.2) is 26.2 Å². The lowest BCUT2D eigenvalue weighted by Crippen LogP contribution is -2.23. The molecule has 90 valence electrons. The first-order valence-electron chi connectivity index (χ1n) is 4.58. The number of nitrogens with two attached hydrogens (primary N) is 1. The van der Waals surface area contributed by atoms with Crippen molar-refractivity contribution in [1.82, 2.24) is 4.72 Å². The Morgan fingerprint density at radius 2 is 2.25 bits per heavy atom. The van der Waals surface area contributed by atoms with E-state index in [1.54, 1.807) is 18.2 Å². The number of rotatable bonds is 5. The summed E-state index contributed by atoms with van der Waals surface area (Å²) in [5.41, 5.74) is 6.16. The average molecular weight is 325 g/mol. The van der Waals surface area contributed by atoms with Crippen LogP contribution in [0.2, 0.25) is 0 Å². The van der Waals surface area contributed by atoms with Gasteiger partial charge in [0.2, 0.25) is 10.0 Å². The van der Waals surface area contributed by atoms with Crippen molar-refractivity contribution in [1.29, 1.82) is 0 Å². The summed E-state index contributed by atoms with van der Waals surface area (Å²) >= 11 is 4.50. The second-order valence-corrected chi connectivity index (χ2v) is 7.45. The molecule has 16 heavy (non-hydrogen) atoms. The van der Waals surface area contributed by atoms with Crippen molar-refractivity contribution in [3.05, 3.63) is 27.6 Å². The fourth-order valence-corrected chi connectivity index (χ4v) is 4.22.